The van der Waals surface area contributed by atoms with E-state index in [-0.39, 0.29) is 12.3 Å². The fourth-order valence-electron chi connectivity index (χ4n) is 3.72. The van der Waals surface area contributed by atoms with Gasteiger partial charge in [0.05, 0.1) is 12.7 Å². The van der Waals surface area contributed by atoms with Crippen LogP contribution in [0.4, 0.5) is 0 Å². The number of para-hydroxylation sites is 2. The van der Waals surface area contributed by atoms with E-state index in [1.54, 1.807) is 28.9 Å². The second-order valence-electron chi connectivity index (χ2n) is 6.96. The van der Waals surface area contributed by atoms with Gasteiger partial charge in [-0.05, 0) is 24.3 Å². The summed E-state index contributed by atoms with van der Waals surface area (Å²) in [6.07, 6.45) is 1.83. The van der Waals surface area contributed by atoms with Gasteiger partial charge in [0, 0.05) is 32.4 Å². The van der Waals surface area contributed by atoms with E-state index in [1.165, 1.54) is 10.8 Å². The van der Waals surface area contributed by atoms with Gasteiger partial charge in [-0.1, -0.05) is 65.3 Å². The van der Waals surface area contributed by atoms with Crippen molar-refractivity contribution in [1.82, 2.24) is 19.6 Å². The number of fused-ring (bicyclic) bond motifs is 3. The smallest absolute Gasteiger partial charge is 0.184 e. The Labute approximate surface area is 172 Å². The molecule has 0 saturated carbocycles. The molecule has 0 fully saturated rings. The van der Waals surface area contributed by atoms with Crippen molar-refractivity contribution in [2.75, 3.05) is 0 Å². The predicted octanol–water partition coefficient (Wildman–Crippen LogP) is 4.97. The van der Waals surface area contributed by atoms with Crippen LogP contribution in [0.25, 0.3) is 21.8 Å². The molecule has 0 unspecified atom stereocenters. The van der Waals surface area contributed by atoms with E-state index in [0.29, 0.717) is 17.1 Å². The maximum Gasteiger partial charge on any atom is 0.184 e. The third-order valence-electron chi connectivity index (χ3n) is 5.04. The van der Waals surface area contributed by atoms with Crippen LogP contribution in [0, 0.1) is 0 Å². The molecule has 0 amide bonds. The first kappa shape index (κ1) is 17.6. The van der Waals surface area contributed by atoms with Crippen LogP contribution in [0.2, 0.25) is 5.02 Å². The number of hydrogen-bond acceptors (Lipinski definition) is 3. The summed E-state index contributed by atoms with van der Waals surface area (Å²) < 4.78 is 3.81. The number of aromatic nitrogens is 4. The highest BCUT2D eigenvalue weighted by Crippen LogP contribution is 2.29. The van der Waals surface area contributed by atoms with Gasteiger partial charge in [-0.3, -0.25) is 4.79 Å². The SMILES string of the molecule is O=C(Cn1cc(Cn2c3ccccc3c3ccccc32)nn1)c1cccc(Cl)c1. The Morgan fingerprint density at radius 1 is 0.897 bits per heavy atom. The van der Waals surface area contributed by atoms with Crippen molar-refractivity contribution in [2.45, 2.75) is 13.1 Å². The molecular weight excluding hydrogens is 384 g/mol. The van der Waals surface area contributed by atoms with E-state index < -0.39 is 0 Å². The molecule has 0 aliphatic carbocycles. The van der Waals surface area contributed by atoms with E-state index >= 15 is 0 Å². The van der Waals surface area contributed by atoms with Gasteiger partial charge in [-0.25, -0.2) is 4.68 Å². The summed E-state index contributed by atoms with van der Waals surface area (Å²) >= 11 is 5.98. The van der Waals surface area contributed by atoms with Gasteiger partial charge in [0.1, 0.15) is 12.2 Å². The Morgan fingerprint density at radius 3 is 2.28 bits per heavy atom. The average molecular weight is 401 g/mol. The van der Waals surface area contributed by atoms with Crippen molar-refractivity contribution < 1.29 is 4.79 Å². The summed E-state index contributed by atoms with van der Waals surface area (Å²) in [4.78, 5) is 12.5. The molecule has 6 heteroatoms. The van der Waals surface area contributed by atoms with Crippen molar-refractivity contribution in [3.05, 3.63) is 95.3 Å². The van der Waals surface area contributed by atoms with E-state index in [0.717, 1.165) is 16.7 Å². The molecule has 5 rings (SSSR count). The van der Waals surface area contributed by atoms with Crippen molar-refractivity contribution in [2.24, 2.45) is 0 Å². The zero-order valence-corrected chi connectivity index (χ0v) is 16.3. The number of benzene rings is 3. The Bertz CT molecular complexity index is 1300. The summed E-state index contributed by atoms with van der Waals surface area (Å²) in [6, 6.07) is 23.6. The number of Topliss-reactive ketones (excluding diaryl/α,β-unsaturated/α-hetero) is 1. The second-order valence-corrected chi connectivity index (χ2v) is 7.40. The van der Waals surface area contributed by atoms with Crippen LogP contribution in [0.5, 0.6) is 0 Å². The van der Waals surface area contributed by atoms with E-state index in [4.69, 9.17) is 11.6 Å². The van der Waals surface area contributed by atoms with Crippen molar-refractivity contribution in [3.63, 3.8) is 0 Å². The van der Waals surface area contributed by atoms with Crippen LogP contribution in [-0.2, 0) is 13.1 Å². The van der Waals surface area contributed by atoms with Gasteiger partial charge in [-0.2, -0.15) is 0 Å². The molecule has 0 aliphatic heterocycles. The molecule has 0 radical (unpaired) electrons. The van der Waals surface area contributed by atoms with Gasteiger partial charge in [0.2, 0.25) is 0 Å². The Balaban J connectivity index is 1.44. The largest absolute Gasteiger partial charge is 0.334 e. The average Bonchev–Trinajstić information content (AvgIpc) is 3.31. The highest BCUT2D eigenvalue weighted by molar-refractivity contribution is 6.31. The molecule has 5 aromatic rings. The number of halogens is 1. The van der Waals surface area contributed by atoms with Crippen molar-refractivity contribution in [1.29, 1.82) is 0 Å². The Hall–Kier alpha value is -3.44. The van der Waals surface area contributed by atoms with Gasteiger partial charge in [0.15, 0.2) is 5.78 Å². The highest BCUT2D eigenvalue weighted by Gasteiger charge is 2.13. The van der Waals surface area contributed by atoms with E-state index in [9.17, 15) is 4.79 Å². The number of carbonyl (C=O) groups is 1. The Kier molecular flexibility index (Phi) is 4.37. The first-order valence-corrected chi connectivity index (χ1v) is 9.70. The normalized spacial score (nSPS) is 11.3. The Morgan fingerprint density at radius 2 is 1.59 bits per heavy atom. The fourth-order valence-corrected chi connectivity index (χ4v) is 3.91. The topological polar surface area (TPSA) is 52.7 Å². The molecular formula is C23H17ClN4O. The first-order valence-electron chi connectivity index (χ1n) is 9.33. The zero-order valence-electron chi connectivity index (χ0n) is 15.5. The zero-order chi connectivity index (χ0) is 19.8. The molecule has 0 N–H and O–H groups in total. The molecule has 2 heterocycles. The quantitative estimate of drug-likeness (QED) is 0.391. The molecule has 0 atom stereocenters. The molecule has 0 aliphatic rings. The van der Waals surface area contributed by atoms with Crippen molar-refractivity contribution >= 4 is 39.2 Å². The number of ketones is 1. The first-order chi connectivity index (χ1) is 14.2. The summed E-state index contributed by atoms with van der Waals surface area (Å²) in [5, 5.41) is 11.4. The lowest BCUT2D eigenvalue weighted by Crippen LogP contribution is -2.11. The minimum atomic E-state index is -0.0548. The van der Waals surface area contributed by atoms with Crippen LogP contribution in [0.1, 0.15) is 16.1 Å². The summed E-state index contributed by atoms with van der Waals surface area (Å²) in [5.41, 5.74) is 3.67. The van der Waals surface area contributed by atoms with Gasteiger partial charge >= 0.3 is 0 Å². The lowest BCUT2D eigenvalue weighted by molar-refractivity contribution is 0.0967. The van der Waals surface area contributed by atoms with Gasteiger partial charge in [-0.15, -0.1) is 5.10 Å². The van der Waals surface area contributed by atoms with Crippen LogP contribution >= 0.6 is 11.6 Å². The maximum absolute atomic E-state index is 12.5. The van der Waals surface area contributed by atoms with Crippen LogP contribution in [0.15, 0.2) is 79.0 Å². The van der Waals surface area contributed by atoms with Gasteiger partial charge in [0.25, 0.3) is 0 Å². The molecule has 3 aromatic carbocycles. The van der Waals surface area contributed by atoms with Crippen LogP contribution in [0.3, 0.4) is 0 Å². The molecule has 2 aromatic heterocycles. The number of nitrogens with zero attached hydrogens (tertiary/aromatic N) is 4. The minimum absolute atomic E-state index is 0.0548. The molecule has 0 spiro atoms. The lowest BCUT2D eigenvalue weighted by Gasteiger charge is -2.04. The third kappa shape index (κ3) is 3.30. The summed E-state index contributed by atoms with van der Waals surface area (Å²) in [7, 11) is 0. The highest BCUT2D eigenvalue weighted by atomic mass is 35.5. The standard InChI is InChI=1S/C23H17ClN4O/c24-17-7-5-6-16(12-17)23(29)15-27-13-18(25-26-27)14-28-21-10-3-1-8-19(21)20-9-2-4-11-22(20)28/h1-13H,14-15H2. The maximum atomic E-state index is 12.5. The molecule has 142 valence electrons. The monoisotopic (exact) mass is 400 g/mol. The second kappa shape index (κ2) is 7.18. The van der Waals surface area contributed by atoms with Crippen LogP contribution < -0.4 is 0 Å². The minimum Gasteiger partial charge on any atom is -0.334 e. The number of hydrogen-bond donors (Lipinski definition) is 0. The number of carbonyl (C=O) groups excluding carboxylic acids is 1. The van der Waals surface area contributed by atoms with E-state index in [1.807, 2.05) is 18.3 Å². The molecule has 0 bridgehead atoms. The number of rotatable bonds is 5. The lowest BCUT2D eigenvalue weighted by atomic mass is 10.1. The summed E-state index contributed by atoms with van der Waals surface area (Å²) in [6.45, 7) is 0.708. The van der Waals surface area contributed by atoms with E-state index in [2.05, 4.69) is 51.3 Å². The van der Waals surface area contributed by atoms with Gasteiger partial charge < -0.3 is 4.57 Å². The molecule has 29 heavy (non-hydrogen) atoms. The van der Waals surface area contributed by atoms with Crippen LogP contribution in [-0.4, -0.2) is 25.3 Å². The van der Waals surface area contributed by atoms with Crippen molar-refractivity contribution in [3.8, 4) is 0 Å². The summed E-state index contributed by atoms with van der Waals surface area (Å²) in [5.74, 6) is -0.0548. The molecule has 0 saturated heterocycles. The molecule has 5 nitrogen and oxygen atoms in total. The fraction of sp³-hybridized carbons (Fsp3) is 0.0870. The third-order valence-corrected chi connectivity index (χ3v) is 5.27. The predicted molar refractivity (Wildman–Crippen MR) is 114 cm³/mol.